The van der Waals surface area contributed by atoms with E-state index in [9.17, 15) is 4.79 Å². The van der Waals surface area contributed by atoms with Crippen molar-refractivity contribution in [2.24, 2.45) is 5.92 Å². The summed E-state index contributed by atoms with van der Waals surface area (Å²) in [7, 11) is 2.05. The molecule has 0 spiro atoms. The molecule has 1 amide bonds. The van der Waals surface area contributed by atoms with Crippen molar-refractivity contribution in [2.75, 3.05) is 25.5 Å². The quantitative estimate of drug-likeness (QED) is 0.232. The van der Waals surface area contributed by atoms with E-state index in [0.29, 0.717) is 28.5 Å². The second-order valence-corrected chi connectivity index (χ2v) is 10.1. The van der Waals surface area contributed by atoms with Gasteiger partial charge in [0.1, 0.15) is 5.69 Å². The lowest BCUT2D eigenvalue weighted by Crippen LogP contribution is -2.26. The van der Waals surface area contributed by atoms with Gasteiger partial charge in [-0.3, -0.25) is 19.9 Å². The minimum atomic E-state index is -0.115. The summed E-state index contributed by atoms with van der Waals surface area (Å²) in [6.45, 7) is 5.87. The van der Waals surface area contributed by atoms with Crippen LogP contribution >= 0.6 is 0 Å². The molecule has 6 rings (SSSR count). The van der Waals surface area contributed by atoms with E-state index in [-0.39, 0.29) is 11.8 Å². The number of nitrogens with one attached hydrogen (secondary N) is 3. The number of rotatable bonds is 9. The van der Waals surface area contributed by atoms with Crippen molar-refractivity contribution in [3.8, 4) is 33.9 Å². The van der Waals surface area contributed by atoms with Crippen LogP contribution in [0.1, 0.15) is 20.3 Å². The number of nitrogens with zero attached hydrogens (tertiary/aromatic N) is 7. The van der Waals surface area contributed by atoms with Gasteiger partial charge in [-0.25, -0.2) is 15.0 Å². The molecule has 0 radical (unpaired) electrons. The molecule has 3 N–H and O–H groups in total. The Hall–Kier alpha value is -5.03. The van der Waals surface area contributed by atoms with Crippen LogP contribution in [-0.2, 0) is 4.79 Å². The number of aromatic nitrogens is 8. The molecule has 0 aliphatic heterocycles. The van der Waals surface area contributed by atoms with Crippen molar-refractivity contribution < 1.29 is 4.79 Å². The zero-order chi connectivity index (χ0) is 28.3. The van der Waals surface area contributed by atoms with Gasteiger partial charge in [0.05, 0.1) is 28.5 Å². The number of aromatic amines is 2. The minimum Gasteiger partial charge on any atom is -0.335 e. The molecule has 0 aliphatic rings. The number of imidazole rings is 1. The summed E-state index contributed by atoms with van der Waals surface area (Å²) in [5.41, 5.74) is 6.67. The van der Waals surface area contributed by atoms with E-state index < -0.39 is 0 Å². The van der Waals surface area contributed by atoms with E-state index >= 15 is 0 Å². The Morgan fingerprint density at radius 2 is 1.90 bits per heavy atom. The monoisotopic (exact) mass is 546 g/mol. The van der Waals surface area contributed by atoms with Gasteiger partial charge in [0, 0.05) is 47.4 Å². The van der Waals surface area contributed by atoms with Gasteiger partial charge in [-0.2, -0.15) is 5.10 Å². The van der Waals surface area contributed by atoms with Crippen LogP contribution in [0.25, 0.3) is 56.1 Å². The van der Waals surface area contributed by atoms with Gasteiger partial charge < -0.3 is 15.2 Å². The third-order valence-electron chi connectivity index (χ3n) is 7.25. The Morgan fingerprint density at radius 1 is 1.02 bits per heavy atom. The summed E-state index contributed by atoms with van der Waals surface area (Å²) in [5.74, 6) is 0.456. The molecule has 0 aliphatic carbocycles. The van der Waals surface area contributed by atoms with Crippen LogP contribution in [0.2, 0.25) is 0 Å². The lowest BCUT2D eigenvalue weighted by atomic mass is 10.1. The summed E-state index contributed by atoms with van der Waals surface area (Å²) >= 11 is 0. The lowest BCUT2D eigenvalue weighted by molar-refractivity contribution is -0.119. The molecule has 6 aromatic rings. The molecule has 0 saturated heterocycles. The Kier molecular flexibility index (Phi) is 7.17. The van der Waals surface area contributed by atoms with Crippen LogP contribution in [0.3, 0.4) is 0 Å². The van der Waals surface area contributed by atoms with Crippen LogP contribution in [0.5, 0.6) is 0 Å². The molecule has 0 bridgehead atoms. The maximum absolute atomic E-state index is 12.8. The highest BCUT2D eigenvalue weighted by atomic mass is 16.1. The average Bonchev–Trinajstić information content (AvgIpc) is 3.64. The topological polar surface area (TPSA) is 141 Å². The molecule has 206 valence electrons. The highest BCUT2D eigenvalue weighted by Gasteiger charge is 2.18. The van der Waals surface area contributed by atoms with Gasteiger partial charge >= 0.3 is 0 Å². The molecule has 41 heavy (non-hydrogen) atoms. The SMILES string of the molecule is CCN(C)CCC(C)C(=O)Nc1cncc(-c2cnc3n[nH]c(-c4nc5nccc(-c6ccccn6)c5[nH]4)c3c2)c1. The summed E-state index contributed by atoms with van der Waals surface area (Å²) < 4.78 is 0. The number of fused-ring (bicyclic) bond motifs is 2. The first-order valence-corrected chi connectivity index (χ1v) is 13.6. The molecule has 11 heteroatoms. The highest BCUT2D eigenvalue weighted by Crippen LogP contribution is 2.31. The Labute approximate surface area is 236 Å². The standard InChI is InChI=1S/C30H30N10O/c1-4-40(3)12-9-18(2)30(41)35-21-13-19(15-31-17-21)20-14-23-26(38-39-27(23)34-16-20)29-36-25-22(8-11-33-28(25)37-29)24-7-5-6-10-32-24/h5-8,10-11,13-18H,4,9,12H2,1-3H3,(H,35,41)(H,33,36,37)(H,34,38,39). The van der Waals surface area contributed by atoms with E-state index in [2.05, 4.69) is 59.3 Å². The molecular formula is C30H30N10O. The van der Waals surface area contributed by atoms with Crippen molar-refractivity contribution in [3.05, 3.63) is 67.4 Å². The van der Waals surface area contributed by atoms with Crippen LogP contribution in [0.4, 0.5) is 5.69 Å². The number of carbonyl (C=O) groups excluding carboxylic acids is 1. The predicted molar refractivity (Wildman–Crippen MR) is 159 cm³/mol. The maximum Gasteiger partial charge on any atom is 0.227 e. The lowest BCUT2D eigenvalue weighted by Gasteiger charge is -2.17. The number of hydrogen-bond acceptors (Lipinski definition) is 8. The smallest absolute Gasteiger partial charge is 0.227 e. The van der Waals surface area contributed by atoms with Crippen molar-refractivity contribution >= 4 is 33.8 Å². The fraction of sp³-hybridized carbons (Fsp3) is 0.233. The third kappa shape index (κ3) is 5.39. The predicted octanol–water partition coefficient (Wildman–Crippen LogP) is 4.94. The van der Waals surface area contributed by atoms with Gasteiger partial charge in [-0.15, -0.1) is 0 Å². The van der Waals surface area contributed by atoms with Gasteiger partial charge in [0.2, 0.25) is 5.91 Å². The molecule has 11 nitrogen and oxygen atoms in total. The first-order chi connectivity index (χ1) is 20.0. The summed E-state index contributed by atoms with van der Waals surface area (Å²) in [6.07, 6.45) is 9.43. The van der Waals surface area contributed by atoms with Crippen molar-refractivity contribution in [1.29, 1.82) is 0 Å². The van der Waals surface area contributed by atoms with Crippen LogP contribution in [0.15, 0.2) is 67.4 Å². The third-order valence-corrected chi connectivity index (χ3v) is 7.25. The van der Waals surface area contributed by atoms with Crippen molar-refractivity contribution in [1.82, 2.24) is 45.0 Å². The molecule has 0 aromatic carbocycles. The molecular weight excluding hydrogens is 516 g/mol. The Bertz CT molecular complexity index is 1830. The largest absolute Gasteiger partial charge is 0.335 e. The Balaban J connectivity index is 1.29. The second-order valence-electron chi connectivity index (χ2n) is 10.1. The molecule has 0 fully saturated rings. The van der Waals surface area contributed by atoms with Crippen molar-refractivity contribution in [2.45, 2.75) is 20.3 Å². The zero-order valence-corrected chi connectivity index (χ0v) is 23.1. The van der Waals surface area contributed by atoms with Crippen LogP contribution in [-0.4, -0.2) is 71.0 Å². The number of amides is 1. The number of anilines is 1. The maximum atomic E-state index is 12.8. The number of H-pyrrole nitrogens is 2. The molecule has 1 atom stereocenters. The van der Waals surface area contributed by atoms with E-state index in [0.717, 1.165) is 52.8 Å². The summed E-state index contributed by atoms with van der Waals surface area (Å²) in [4.78, 5) is 41.0. The van der Waals surface area contributed by atoms with Crippen molar-refractivity contribution in [3.63, 3.8) is 0 Å². The Morgan fingerprint density at radius 3 is 2.73 bits per heavy atom. The van der Waals surface area contributed by atoms with E-state index in [1.807, 2.05) is 43.3 Å². The average molecular weight is 547 g/mol. The van der Waals surface area contributed by atoms with E-state index in [4.69, 9.17) is 4.98 Å². The molecule has 1 unspecified atom stereocenters. The molecule has 6 heterocycles. The summed E-state index contributed by atoms with van der Waals surface area (Å²) in [6, 6.07) is 11.6. The fourth-order valence-electron chi connectivity index (χ4n) is 4.64. The number of hydrogen-bond donors (Lipinski definition) is 3. The first kappa shape index (κ1) is 26.2. The van der Waals surface area contributed by atoms with Gasteiger partial charge in [0.25, 0.3) is 0 Å². The van der Waals surface area contributed by atoms with E-state index in [1.54, 1.807) is 31.0 Å². The van der Waals surface area contributed by atoms with Gasteiger partial charge in [0.15, 0.2) is 17.1 Å². The zero-order valence-electron chi connectivity index (χ0n) is 23.1. The van der Waals surface area contributed by atoms with Crippen LogP contribution < -0.4 is 5.32 Å². The second kappa shape index (κ2) is 11.2. The fourth-order valence-corrected chi connectivity index (χ4v) is 4.64. The minimum absolute atomic E-state index is 0.0253. The molecule has 6 aromatic heterocycles. The molecule has 0 saturated carbocycles. The van der Waals surface area contributed by atoms with Crippen LogP contribution in [0, 0.1) is 5.92 Å². The number of pyridine rings is 4. The first-order valence-electron chi connectivity index (χ1n) is 13.6. The van der Waals surface area contributed by atoms with Gasteiger partial charge in [-0.1, -0.05) is 19.9 Å². The van der Waals surface area contributed by atoms with E-state index in [1.165, 1.54) is 0 Å². The number of carbonyl (C=O) groups is 1. The summed E-state index contributed by atoms with van der Waals surface area (Å²) in [5, 5.41) is 11.3. The highest BCUT2D eigenvalue weighted by molar-refractivity contribution is 5.96. The van der Waals surface area contributed by atoms with Gasteiger partial charge in [-0.05, 0) is 56.9 Å². The normalized spacial score (nSPS) is 12.3.